The van der Waals surface area contributed by atoms with Crippen molar-refractivity contribution >= 4 is 11.8 Å². The summed E-state index contributed by atoms with van der Waals surface area (Å²) in [5.74, 6) is 0.620. The van der Waals surface area contributed by atoms with Gasteiger partial charge < -0.3 is 0 Å². The molecule has 112 valence electrons. The molecule has 0 bridgehead atoms. The van der Waals surface area contributed by atoms with E-state index >= 15 is 0 Å². The average Bonchev–Trinajstić information content (AvgIpc) is 3.04. The van der Waals surface area contributed by atoms with Gasteiger partial charge >= 0.3 is 0 Å². The first-order valence-electron chi connectivity index (χ1n) is 7.07. The first-order valence-corrected chi connectivity index (χ1v) is 8.06. The smallest absolute Gasteiger partial charge is 0.149 e. The largest absolute Gasteiger partial charge is 0.242 e. The lowest BCUT2D eigenvalue weighted by molar-refractivity contribution is 0.334. The van der Waals surface area contributed by atoms with Crippen molar-refractivity contribution in [3.63, 3.8) is 0 Å². The topological polar surface area (TPSA) is 30.7 Å². The summed E-state index contributed by atoms with van der Waals surface area (Å²) in [4.78, 5) is 1.15. The molecule has 0 unspecified atom stereocenters. The second-order valence-corrected chi connectivity index (χ2v) is 5.94. The Bertz CT molecular complexity index is 700. The van der Waals surface area contributed by atoms with Crippen molar-refractivity contribution in [2.45, 2.75) is 23.4 Å². The summed E-state index contributed by atoms with van der Waals surface area (Å²) >= 11 is 1.64. The van der Waals surface area contributed by atoms with Gasteiger partial charge in [-0.2, -0.15) is 0 Å². The lowest BCUT2D eigenvalue weighted by atomic mass is 10.1. The SMILES string of the molecule is F[C@@H](Cc1ccccc1)c1cn(CSc2ccccc2)nn1. The molecule has 0 radical (unpaired) electrons. The highest BCUT2D eigenvalue weighted by atomic mass is 32.2. The fourth-order valence-corrected chi connectivity index (χ4v) is 2.86. The molecule has 0 fully saturated rings. The number of benzene rings is 2. The second kappa shape index (κ2) is 7.22. The number of thioether (sulfide) groups is 1. The summed E-state index contributed by atoms with van der Waals surface area (Å²) in [6, 6.07) is 19.6. The van der Waals surface area contributed by atoms with Crippen LogP contribution in [-0.4, -0.2) is 15.0 Å². The van der Waals surface area contributed by atoms with Crippen molar-refractivity contribution in [1.82, 2.24) is 15.0 Å². The third kappa shape index (κ3) is 3.95. The molecule has 0 aliphatic carbocycles. The number of hydrogen-bond acceptors (Lipinski definition) is 3. The summed E-state index contributed by atoms with van der Waals surface area (Å²) in [7, 11) is 0. The molecule has 0 aliphatic rings. The molecular formula is C17H16FN3S. The fourth-order valence-electron chi connectivity index (χ4n) is 2.10. The van der Waals surface area contributed by atoms with E-state index in [4.69, 9.17) is 0 Å². The Morgan fingerprint density at radius 2 is 1.68 bits per heavy atom. The van der Waals surface area contributed by atoms with E-state index in [1.54, 1.807) is 22.6 Å². The lowest BCUT2D eigenvalue weighted by Gasteiger charge is -2.04. The molecule has 3 nitrogen and oxygen atoms in total. The number of rotatable bonds is 6. The summed E-state index contributed by atoms with van der Waals surface area (Å²) < 4.78 is 15.9. The Hall–Kier alpha value is -2.14. The molecule has 1 heterocycles. The van der Waals surface area contributed by atoms with E-state index in [0.29, 0.717) is 18.0 Å². The third-order valence-corrected chi connectivity index (χ3v) is 4.24. The quantitative estimate of drug-likeness (QED) is 0.636. The van der Waals surface area contributed by atoms with Crippen LogP contribution in [0.4, 0.5) is 4.39 Å². The van der Waals surface area contributed by atoms with E-state index in [2.05, 4.69) is 10.3 Å². The van der Waals surface area contributed by atoms with E-state index in [0.717, 1.165) is 10.5 Å². The lowest BCUT2D eigenvalue weighted by Crippen LogP contribution is -1.97. The van der Waals surface area contributed by atoms with Crippen LogP contribution in [0.3, 0.4) is 0 Å². The predicted octanol–water partition coefficient (Wildman–Crippen LogP) is 4.28. The van der Waals surface area contributed by atoms with Crippen LogP contribution < -0.4 is 0 Å². The van der Waals surface area contributed by atoms with Gasteiger partial charge in [0, 0.05) is 11.3 Å². The maximum absolute atomic E-state index is 14.3. The minimum Gasteiger partial charge on any atom is -0.242 e. The van der Waals surface area contributed by atoms with Gasteiger partial charge in [0.1, 0.15) is 11.9 Å². The number of aromatic nitrogens is 3. The summed E-state index contributed by atoms with van der Waals surface area (Å²) in [6.07, 6.45) is 0.882. The number of hydrogen-bond donors (Lipinski definition) is 0. The second-order valence-electron chi connectivity index (χ2n) is 4.93. The Labute approximate surface area is 133 Å². The van der Waals surface area contributed by atoms with Crippen LogP contribution >= 0.6 is 11.8 Å². The van der Waals surface area contributed by atoms with E-state index in [1.807, 2.05) is 60.7 Å². The van der Waals surface area contributed by atoms with Crippen LogP contribution in [0.2, 0.25) is 0 Å². The standard InChI is InChI=1S/C17H16FN3S/c18-16(11-14-7-3-1-4-8-14)17-12-21(20-19-17)13-22-15-9-5-2-6-10-15/h1-10,12,16H,11,13H2/t16-/m0/s1. The summed E-state index contributed by atoms with van der Waals surface area (Å²) in [6.45, 7) is 0. The first-order chi connectivity index (χ1) is 10.8. The van der Waals surface area contributed by atoms with Gasteiger partial charge in [0.2, 0.25) is 0 Å². The van der Waals surface area contributed by atoms with Gasteiger partial charge in [0.25, 0.3) is 0 Å². The highest BCUT2D eigenvalue weighted by Gasteiger charge is 2.15. The van der Waals surface area contributed by atoms with Crippen LogP contribution in [0, 0.1) is 0 Å². The van der Waals surface area contributed by atoms with Gasteiger partial charge in [0.15, 0.2) is 0 Å². The van der Waals surface area contributed by atoms with Crippen LogP contribution in [0.15, 0.2) is 71.8 Å². The number of alkyl halides is 1. The highest BCUT2D eigenvalue weighted by Crippen LogP contribution is 2.22. The van der Waals surface area contributed by atoms with Crippen LogP contribution in [0.5, 0.6) is 0 Å². The number of halogens is 1. The van der Waals surface area contributed by atoms with Crippen molar-refractivity contribution in [3.8, 4) is 0 Å². The van der Waals surface area contributed by atoms with Crippen molar-refractivity contribution in [3.05, 3.63) is 78.1 Å². The molecule has 0 spiro atoms. The predicted molar refractivity (Wildman–Crippen MR) is 86.3 cm³/mol. The van der Waals surface area contributed by atoms with Crippen molar-refractivity contribution in [1.29, 1.82) is 0 Å². The molecule has 3 aromatic rings. The van der Waals surface area contributed by atoms with Crippen molar-refractivity contribution in [2.75, 3.05) is 0 Å². The fraction of sp³-hybridized carbons (Fsp3) is 0.176. The molecule has 3 rings (SSSR count). The molecule has 5 heteroatoms. The van der Waals surface area contributed by atoms with Crippen molar-refractivity contribution in [2.24, 2.45) is 0 Å². The van der Waals surface area contributed by atoms with E-state index in [-0.39, 0.29) is 0 Å². The van der Waals surface area contributed by atoms with Gasteiger partial charge in [0.05, 0.1) is 12.1 Å². The van der Waals surface area contributed by atoms with Crippen LogP contribution in [0.1, 0.15) is 17.4 Å². The van der Waals surface area contributed by atoms with Gasteiger partial charge in [-0.05, 0) is 17.7 Å². The van der Waals surface area contributed by atoms with Gasteiger partial charge in [-0.25, -0.2) is 9.07 Å². The molecule has 0 saturated heterocycles. The Kier molecular flexibility index (Phi) is 4.85. The summed E-state index contributed by atoms with van der Waals surface area (Å²) in [5, 5.41) is 7.95. The molecule has 0 saturated carbocycles. The highest BCUT2D eigenvalue weighted by molar-refractivity contribution is 7.98. The molecule has 0 N–H and O–H groups in total. The Balaban J connectivity index is 1.58. The molecule has 1 atom stereocenters. The van der Waals surface area contributed by atoms with Crippen LogP contribution in [-0.2, 0) is 12.3 Å². The Morgan fingerprint density at radius 1 is 1.00 bits per heavy atom. The van der Waals surface area contributed by atoms with E-state index in [1.165, 1.54) is 0 Å². The van der Waals surface area contributed by atoms with Crippen LogP contribution in [0.25, 0.3) is 0 Å². The zero-order chi connectivity index (χ0) is 15.2. The Morgan fingerprint density at radius 3 is 2.41 bits per heavy atom. The molecule has 0 amide bonds. The minimum atomic E-state index is -1.13. The normalized spacial score (nSPS) is 12.2. The maximum atomic E-state index is 14.3. The molecule has 0 aliphatic heterocycles. The third-order valence-electron chi connectivity index (χ3n) is 3.24. The first kappa shape index (κ1) is 14.8. The molecule has 2 aromatic carbocycles. The molecule has 1 aromatic heterocycles. The maximum Gasteiger partial charge on any atom is 0.149 e. The minimum absolute atomic E-state index is 0.325. The summed E-state index contributed by atoms with van der Waals surface area (Å²) in [5.41, 5.74) is 1.35. The van der Waals surface area contributed by atoms with E-state index in [9.17, 15) is 4.39 Å². The molecular weight excluding hydrogens is 297 g/mol. The monoisotopic (exact) mass is 313 g/mol. The van der Waals surface area contributed by atoms with Gasteiger partial charge in [-0.3, -0.25) is 0 Å². The zero-order valence-electron chi connectivity index (χ0n) is 12.0. The van der Waals surface area contributed by atoms with Crippen molar-refractivity contribution < 1.29 is 4.39 Å². The van der Waals surface area contributed by atoms with Gasteiger partial charge in [-0.1, -0.05) is 53.7 Å². The number of nitrogens with zero attached hydrogens (tertiary/aromatic N) is 3. The molecule has 22 heavy (non-hydrogen) atoms. The van der Waals surface area contributed by atoms with E-state index < -0.39 is 6.17 Å². The average molecular weight is 313 g/mol. The zero-order valence-corrected chi connectivity index (χ0v) is 12.8. The van der Waals surface area contributed by atoms with Gasteiger partial charge in [-0.15, -0.1) is 16.9 Å².